The van der Waals surface area contributed by atoms with Gasteiger partial charge in [0.15, 0.2) is 0 Å². The van der Waals surface area contributed by atoms with E-state index >= 15 is 0 Å². The number of aliphatic carboxylic acids is 1. The van der Waals surface area contributed by atoms with Crippen molar-refractivity contribution in [1.29, 1.82) is 0 Å². The van der Waals surface area contributed by atoms with E-state index < -0.39 is 36.0 Å². The number of halogens is 3. The second-order valence-corrected chi connectivity index (χ2v) is 5.55. The molecule has 0 radical (unpaired) electrons. The van der Waals surface area contributed by atoms with Gasteiger partial charge in [-0.3, -0.25) is 14.5 Å². The number of carboxylic acid groups (broad SMARTS) is 1. The summed E-state index contributed by atoms with van der Waals surface area (Å²) in [5.41, 5.74) is -0.186. The first-order chi connectivity index (χ1) is 9.90. The van der Waals surface area contributed by atoms with Crippen LogP contribution in [-0.2, 0) is 16.1 Å². The minimum Gasteiger partial charge on any atom is -0.481 e. The first kappa shape index (κ1) is 15.8. The summed E-state index contributed by atoms with van der Waals surface area (Å²) in [4.78, 5) is 24.1. The van der Waals surface area contributed by atoms with Crippen molar-refractivity contribution in [3.63, 3.8) is 0 Å². The number of piperazine rings is 1. The molecule has 0 saturated carbocycles. The highest BCUT2D eigenvalue weighted by Crippen LogP contribution is 2.24. The molecule has 8 heteroatoms. The lowest BCUT2D eigenvalue weighted by Gasteiger charge is -2.34. The molecule has 0 spiro atoms. The highest BCUT2D eigenvalue weighted by atomic mass is 79.9. The Morgan fingerprint density at radius 1 is 1.48 bits per heavy atom. The van der Waals surface area contributed by atoms with Gasteiger partial charge in [-0.15, -0.1) is 0 Å². The molecular weight excluding hydrogens is 350 g/mol. The molecule has 1 saturated heterocycles. The molecule has 2 rings (SSSR count). The summed E-state index contributed by atoms with van der Waals surface area (Å²) in [6, 6.07) is 1.44. The Bertz CT molecular complexity index is 583. The highest BCUT2D eigenvalue weighted by molar-refractivity contribution is 9.10. The van der Waals surface area contributed by atoms with E-state index in [9.17, 15) is 18.4 Å². The minimum absolute atomic E-state index is 0.121. The molecule has 0 bridgehead atoms. The maximum Gasteiger partial charge on any atom is 0.305 e. The standard InChI is InChI=1S/C13H13BrF2N2O3/c14-8-1-2-9(15)7(12(8)16)6-18-4-3-17-13(21)10(18)5-11(19)20/h1-2,10H,3-6H2,(H,17,21)(H,19,20). The third-order valence-electron chi connectivity index (χ3n) is 3.31. The van der Waals surface area contributed by atoms with Gasteiger partial charge in [-0.25, -0.2) is 8.78 Å². The van der Waals surface area contributed by atoms with Crippen LogP contribution in [0.3, 0.4) is 0 Å². The normalized spacial score (nSPS) is 19.4. The second kappa shape index (κ2) is 6.48. The van der Waals surface area contributed by atoms with E-state index in [1.54, 1.807) is 0 Å². The van der Waals surface area contributed by atoms with E-state index in [0.29, 0.717) is 13.1 Å². The van der Waals surface area contributed by atoms with E-state index in [0.717, 1.165) is 6.07 Å². The van der Waals surface area contributed by atoms with Crippen molar-refractivity contribution in [2.75, 3.05) is 13.1 Å². The van der Waals surface area contributed by atoms with Crippen LogP contribution in [-0.4, -0.2) is 41.0 Å². The largest absolute Gasteiger partial charge is 0.481 e. The Labute approximate surface area is 128 Å². The van der Waals surface area contributed by atoms with Crippen LogP contribution in [0.2, 0.25) is 0 Å². The van der Waals surface area contributed by atoms with Crippen LogP contribution >= 0.6 is 15.9 Å². The summed E-state index contributed by atoms with van der Waals surface area (Å²) in [5, 5.41) is 11.4. The maximum atomic E-state index is 14.0. The van der Waals surface area contributed by atoms with Crippen LogP contribution < -0.4 is 5.32 Å². The number of carbonyl (C=O) groups excluding carboxylic acids is 1. The van der Waals surface area contributed by atoms with Crippen LogP contribution in [0, 0.1) is 11.6 Å². The number of nitrogens with one attached hydrogen (secondary N) is 1. The van der Waals surface area contributed by atoms with E-state index in [1.165, 1.54) is 11.0 Å². The number of nitrogens with zero attached hydrogens (tertiary/aromatic N) is 1. The van der Waals surface area contributed by atoms with E-state index in [4.69, 9.17) is 5.11 Å². The molecule has 1 unspecified atom stereocenters. The Hall–Kier alpha value is -1.54. The van der Waals surface area contributed by atoms with Crippen molar-refractivity contribution in [1.82, 2.24) is 10.2 Å². The van der Waals surface area contributed by atoms with Gasteiger partial charge < -0.3 is 10.4 Å². The molecule has 114 valence electrons. The van der Waals surface area contributed by atoms with Gasteiger partial charge in [0.1, 0.15) is 17.7 Å². The molecule has 1 atom stereocenters. The Morgan fingerprint density at radius 3 is 2.86 bits per heavy atom. The van der Waals surface area contributed by atoms with Crippen molar-refractivity contribution >= 4 is 27.8 Å². The fourth-order valence-electron chi connectivity index (χ4n) is 2.26. The quantitative estimate of drug-likeness (QED) is 0.796. The molecular formula is C13H13BrF2N2O3. The Kier molecular flexibility index (Phi) is 4.89. The zero-order valence-electron chi connectivity index (χ0n) is 10.9. The topological polar surface area (TPSA) is 69.6 Å². The predicted molar refractivity (Wildman–Crippen MR) is 73.5 cm³/mol. The van der Waals surface area contributed by atoms with Crippen LogP contribution in [0.15, 0.2) is 16.6 Å². The minimum atomic E-state index is -1.14. The van der Waals surface area contributed by atoms with Gasteiger partial charge in [0.05, 0.1) is 10.9 Å². The number of hydrogen-bond acceptors (Lipinski definition) is 3. The first-order valence-corrected chi connectivity index (χ1v) is 7.05. The molecule has 5 nitrogen and oxygen atoms in total. The molecule has 1 aliphatic heterocycles. The maximum absolute atomic E-state index is 14.0. The van der Waals surface area contributed by atoms with Gasteiger partial charge in [-0.1, -0.05) is 0 Å². The zero-order valence-corrected chi connectivity index (χ0v) is 12.5. The summed E-state index contributed by atoms with van der Waals surface area (Å²) in [5.74, 6) is -3.05. The number of amides is 1. The van der Waals surface area contributed by atoms with E-state index in [2.05, 4.69) is 21.2 Å². The molecule has 0 aromatic heterocycles. The van der Waals surface area contributed by atoms with E-state index in [1.807, 2.05) is 0 Å². The monoisotopic (exact) mass is 362 g/mol. The number of benzene rings is 1. The molecule has 1 aromatic carbocycles. The lowest BCUT2D eigenvalue weighted by Crippen LogP contribution is -2.55. The molecule has 1 amide bonds. The Balaban J connectivity index is 2.26. The molecule has 21 heavy (non-hydrogen) atoms. The van der Waals surface area contributed by atoms with Crippen LogP contribution in [0.5, 0.6) is 0 Å². The summed E-state index contributed by atoms with van der Waals surface area (Å²) in [6.07, 6.45) is -0.414. The molecule has 1 aromatic rings. The number of carboxylic acids is 1. The lowest BCUT2D eigenvalue weighted by molar-refractivity contribution is -0.143. The average Bonchev–Trinajstić information content (AvgIpc) is 2.42. The van der Waals surface area contributed by atoms with Crippen LogP contribution in [0.1, 0.15) is 12.0 Å². The summed E-state index contributed by atoms with van der Waals surface area (Å²) in [6.45, 7) is 0.476. The third-order valence-corrected chi connectivity index (χ3v) is 3.92. The van der Waals surface area contributed by atoms with Gasteiger partial charge in [-0.2, -0.15) is 0 Å². The van der Waals surface area contributed by atoms with Gasteiger partial charge in [0, 0.05) is 25.2 Å². The summed E-state index contributed by atoms with van der Waals surface area (Å²) < 4.78 is 27.9. The molecule has 2 N–H and O–H groups in total. The molecule has 1 fully saturated rings. The lowest BCUT2D eigenvalue weighted by atomic mass is 10.1. The summed E-state index contributed by atoms with van der Waals surface area (Å²) >= 11 is 2.98. The fraction of sp³-hybridized carbons (Fsp3) is 0.385. The fourth-order valence-corrected chi connectivity index (χ4v) is 2.63. The van der Waals surface area contributed by atoms with Crippen molar-refractivity contribution in [3.8, 4) is 0 Å². The van der Waals surface area contributed by atoms with Crippen molar-refractivity contribution < 1.29 is 23.5 Å². The van der Waals surface area contributed by atoms with Crippen molar-refractivity contribution in [3.05, 3.63) is 33.8 Å². The van der Waals surface area contributed by atoms with Crippen molar-refractivity contribution in [2.45, 2.75) is 19.0 Å². The average molecular weight is 363 g/mol. The van der Waals surface area contributed by atoms with Crippen molar-refractivity contribution in [2.24, 2.45) is 0 Å². The second-order valence-electron chi connectivity index (χ2n) is 4.70. The van der Waals surface area contributed by atoms with Gasteiger partial charge >= 0.3 is 5.97 Å². The molecule has 1 aliphatic rings. The Morgan fingerprint density at radius 2 is 2.19 bits per heavy atom. The smallest absolute Gasteiger partial charge is 0.305 e. The SMILES string of the molecule is O=C(O)CC1C(=O)NCCN1Cc1c(F)ccc(Br)c1F. The predicted octanol–water partition coefficient (Wildman–Crippen LogP) is 1.50. The zero-order chi connectivity index (χ0) is 15.6. The molecule has 0 aliphatic carbocycles. The first-order valence-electron chi connectivity index (χ1n) is 6.26. The van der Waals surface area contributed by atoms with Gasteiger partial charge in [-0.05, 0) is 28.1 Å². The summed E-state index contributed by atoms with van der Waals surface area (Å²) in [7, 11) is 0. The van der Waals surface area contributed by atoms with Crippen LogP contribution in [0.25, 0.3) is 0 Å². The number of carbonyl (C=O) groups is 2. The van der Waals surface area contributed by atoms with Gasteiger partial charge in [0.25, 0.3) is 0 Å². The third kappa shape index (κ3) is 3.56. The van der Waals surface area contributed by atoms with Crippen LogP contribution in [0.4, 0.5) is 8.78 Å². The molecule has 1 heterocycles. The number of hydrogen-bond donors (Lipinski definition) is 2. The number of rotatable bonds is 4. The van der Waals surface area contributed by atoms with Gasteiger partial charge in [0.2, 0.25) is 5.91 Å². The van der Waals surface area contributed by atoms with E-state index in [-0.39, 0.29) is 16.6 Å². The highest BCUT2D eigenvalue weighted by Gasteiger charge is 2.32.